The van der Waals surface area contributed by atoms with E-state index < -0.39 is 11.7 Å². The molecule has 0 fully saturated rings. The number of rotatable bonds is 10. The number of hydrogen-bond acceptors (Lipinski definition) is 3. The average Bonchev–Trinajstić information content (AvgIpc) is 3.32. The second kappa shape index (κ2) is 11.3. The molecule has 1 atom stereocenters. The molecule has 1 heterocycles. The predicted molar refractivity (Wildman–Crippen MR) is 128 cm³/mol. The molecule has 0 bridgehead atoms. The molecule has 2 N–H and O–H groups in total. The quantitative estimate of drug-likeness (QED) is 0.380. The smallest absolute Gasteiger partial charge is 0.350 e. The topological polar surface area (TPSA) is 61.0 Å². The fourth-order valence-electron chi connectivity index (χ4n) is 3.81. The highest BCUT2D eigenvalue weighted by molar-refractivity contribution is 5.94. The van der Waals surface area contributed by atoms with Crippen LogP contribution in [-0.2, 0) is 6.18 Å². The lowest BCUT2D eigenvalue weighted by atomic mass is 10.1. The predicted octanol–water partition coefficient (Wildman–Crippen LogP) is 6.00. The molecule has 34 heavy (non-hydrogen) atoms. The third-order valence-electron chi connectivity index (χ3n) is 5.91. The van der Waals surface area contributed by atoms with Crippen molar-refractivity contribution in [3.63, 3.8) is 0 Å². The van der Waals surface area contributed by atoms with E-state index in [1.54, 1.807) is 36.4 Å². The number of aromatic nitrogens is 2. The van der Waals surface area contributed by atoms with E-state index in [1.807, 2.05) is 6.92 Å². The largest absolute Gasteiger partial charge is 0.416 e. The average molecular weight is 473 g/mol. The number of carbonyl (C=O) groups is 1. The number of alkyl halides is 3. The molecule has 0 spiro atoms. The SMILES string of the molecule is CCN(CC)CCC[C@@H](C)NC(=O)c1ccc(-c2cc(-c3cccc(C(F)(F)F)c3)n[nH]2)cc1. The zero-order chi connectivity index (χ0) is 24.7. The zero-order valence-corrected chi connectivity index (χ0v) is 19.7. The summed E-state index contributed by atoms with van der Waals surface area (Å²) in [5, 5.41) is 10.1. The highest BCUT2D eigenvalue weighted by atomic mass is 19.4. The number of nitrogens with zero attached hydrogens (tertiary/aromatic N) is 2. The van der Waals surface area contributed by atoms with Gasteiger partial charge >= 0.3 is 6.18 Å². The van der Waals surface area contributed by atoms with Crippen molar-refractivity contribution in [2.24, 2.45) is 0 Å². The van der Waals surface area contributed by atoms with Gasteiger partial charge in [-0.3, -0.25) is 9.89 Å². The molecule has 1 aromatic heterocycles. The van der Waals surface area contributed by atoms with Gasteiger partial charge in [0, 0.05) is 17.2 Å². The van der Waals surface area contributed by atoms with Crippen LogP contribution >= 0.6 is 0 Å². The second-order valence-corrected chi connectivity index (χ2v) is 8.37. The van der Waals surface area contributed by atoms with Crippen LogP contribution in [-0.4, -0.2) is 46.7 Å². The molecule has 0 aliphatic heterocycles. The number of aromatic amines is 1. The maximum atomic E-state index is 13.0. The first kappa shape index (κ1) is 25.5. The van der Waals surface area contributed by atoms with Crippen molar-refractivity contribution in [2.45, 2.75) is 45.8 Å². The number of nitrogens with one attached hydrogen (secondary N) is 2. The highest BCUT2D eigenvalue weighted by Crippen LogP contribution is 2.32. The number of hydrogen-bond donors (Lipinski definition) is 2. The lowest BCUT2D eigenvalue weighted by Crippen LogP contribution is -2.33. The van der Waals surface area contributed by atoms with Gasteiger partial charge in [0.15, 0.2) is 0 Å². The molecular formula is C26H31F3N4O. The highest BCUT2D eigenvalue weighted by Gasteiger charge is 2.30. The van der Waals surface area contributed by atoms with E-state index >= 15 is 0 Å². The molecule has 2 aromatic carbocycles. The van der Waals surface area contributed by atoms with Gasteiger partial charge in [-0.15, -0.1) is 0 Å². The summed E-state index contributed by atoms with van der Waals surface area (Å²) in [4.78, 5) is 14.9. The molecule has 0 radical (unpaired) electrons. The molecule has 0 unspecified atom stereocenters. The van der Waals surface area contributed by atoms with Crippen LogP contribution in [0.2, 0.25) is 0 Å². The van der Waals surface area contributed by atoms with Gasteiger partial charge in [-0.05, 0) is 75.3 Å². The van der Waals surface area contributed by atoms with Crippen molar-refractivity contribution in [1.82, 2.24) is 20.4 Å². The minimum atomic E-state index is -4.41. The summed E-state index contributed by atoms with van der Waals surface area (Å²) in [6.45, 7) is 9.38. The molecule has 3 rings (SSSR count). The number of halogens is 3. The van der Waals surface area contributed by atoms with E-state index in [0.717, 1.165) is 50.2 Å². The Bertz CT molecular complexity index is 1070. The molecule has 0 saturated heterocycles. The molecular weight excluding hydrogens is 441 g/mol. The van der Waals surface area contributed by atoms with E-state index in [4.69, 9.17) is 0 Å². The first-order valence-electron chi connectivity index (χ1n) is 11.6. The summed E-state index contributed by atoms with van der Waals surface area (Å²) in [5.74, 6) is -0.129. The van der Waals surface area contributed by atoms with Crippen LogP contribution in [0, 0.1) is 0 Å². The summed E-state index contributed by atoms with van der Waals surface area (Å²) >= 11 is 0. The van der Waals surface area contributed by atoms with Crippen LogP contribution in [0.25, 0.3) is 22.5 Å². The van der Waals surface area contributed by atoms with Crippen molar-refractivity contribution in [3.05, 3.63) is 65.7 Å². The summed E-state index contributed by atoms with van der Waals surface area (Å²) in [7, 11) is 0. The van der Waals surface area contributed by atoms with Gasteiger partial charge in [0.25, 0.3) is 5.91 Å². The van der Waals surface area contributed by atoms with Crippen LogP contribution < -0.4 is 5.32 Å². The van der Waals surface area contributed by atoms with Crippen molar-refractivity contribution in [1.29, 1.82) is 0 Å². The van der Waals surface area contributed by atoms with E-state index in [2.05, 4.69) is 34.3 Å². The van der Waals surface area contributed by atoms with E-state index in [9.17, 15) is 18.0 Å². The second-order valence-electron chi connectivity index (χ2n) is 8.37. The Morgan fingerprint density at radius 3 is 2.41 bits per heavy atom. The zero-order valence-electron chi connectivity index (χ0n) is 19.7. The van der Waals surface area contributed by atoms with Crippen LogP contribution in [0.1, 0.15) is 49.5 Å². The molecule has 8 heteroatoms. The van der Waals surface area contributed by atoms with Crippen molar-refractivity contribution in [3.8, 4) is 22.5 Å². The summed E-state index contributed by atoms with van der Waals surface area (Å²) in [5.41, 5.74) is 2.08. The van der Waals surface area contributed by atoms with Gasteiger partial charge in [-0.25, -0.2) is 0 Å². The molecule has 0 aliphatic rings. The van der Waals surface area contributed by atoms with Crippen LogP contribution in [0.3, 0.4) is 0 Å². The summed E-state index contributed by atoms with van der Waals surface area (Å²) < 4.78 is 39.0. The van der Waals surface area contributed by atoms with Crippen molar-refractivity contribution < 1.29 is 18.0 Å². The lowest BCUT2D eigenvalue weighted by Gasteiger charge is -2.19. The van der Waals surface area contributed by atoms with Gasteiger partial charge in [0.2, 0.25) is 0 Å². The number of H-pyrrole nitrogens is 1. The van der Waals surface area contributed by atoms with Gasteiger partial charge in [0.1, 0.15) is 0 Å². The standard InChI is InChI=1S/C26H31F3N4O/c1-4-33(5-2)15-7-8-18(3)30-25(34)20-13-11-19(12-14-20)23-17-24(32-31-23)21-9-6-10-22(16-21)26(27,28)29/h6,9-14,16-18H,4-5,7-8,15H2,1-3H3,(H,30,34)(H,31,32)/t18-/m1/s1. The van der Waals surface area contributed by atoms with Crippen molar-refractivity contribution in [2.75, 3.05) is 19.6 Å². The Hall–Kier alpha value is -3.13. The molecule has 1 amide bonds. The molecule has 0 saturated carbocycles. The molecule has 182 valence electrons. The van der Waals surface area contributed by atoms with Crippen LogP contribution in [0.4, 0.5) is 13.2 Å². The number of benzene rings is 2. The Morgan fingerprint density at radius 1 is 1.06 bits per heavy atom. The minimum Gasteiger partial charge on any atom is -0.350 e. The Labute approximate surface area is 198 Å². The Morgan fingerprint density at radius 2 is 1.76 bits per heavy atom. The van der Waals surface area contributed by atoms with E-state index in [-0.39, 0.29) is 11.9 Å². The third-order valence-corrected chi connectivity index (χ3v) is 5.91. The summed E-state index contributed by atoms with van der Waals surface area (Å²) in [6, 6.07) is 13.9. The van der Waals surface area contributed by atoms with E-state index in [1.165, 1.54) is 6.07 Å². The maximum absolute atomic E-state index is 13.0. The fourth-order valence-corrected chi connectivity index (χ4v) is 3.81. The van der Waals surface area contributed by atoms with Crippen LogP contribution in [0.15, 0.2) is 54.6 Å². The molecule has 3 aromatic rings. The monoisotopic (exact) mass is 472 g/mol. The normalized spacial score (nSPS) is 12.7. The van der Waals surface area contributed by atoms with Gasteiger partial charge in [-0.1, -0.05) is 38.1 Å². The first-order chi connectivity index (χ1) is 16.2. The van der Waals surface area contributed by atoms with Crippen LogP contribution in [0.5, 0.6) is 0 Å². The maximum Gasteiger partial charge on any atom is 0.416 e. The molecule has 5 nitrogen and oxygen atoms in total. The number of carbonyl (C=O) groups excluding carboxylic acids is 1. The van der Waals surface area contributed by atoms with Gasteiger partial charge < -0.3 is 10.2 Å². The van der Waals surface area contributed by atoms with Gasteiger partial charge in [0.05, 0.1) is 17.0 Å². The Balaban J connectivity index is 1.61. The van der Waals surface area contributed by atoms with Gasteiger partial charge in [-0.2, -0.15) is 18.3 Å². The third kappa shape index (κ3) is 6.70. The van der Waals surface area contributed by atoms with Crippen molar-refractivity contribution >= 4 is 5.91 Å². The fraction of sp³-hybridized carbons (Fsp3) is 0.385. The minimum absolute atomic E-state index is 0.0744. The first-order valence-corrected chi connectivity index (χ1v) is 11.6. The Kier molecular flexibility index (Phi) is 8.50. The lowest BCUT2D eigenvalue weighted by molar-refractivity contribution is -0.137. The number of amides is 1. The van der Waals surface area contributed by atoms with E-state index in [0.29, 0.717) is 22.5 Å². The molecule has 0 aliphatic carbocycles. The summed E-state index contributed by atoms with van der Waals surface area (Å²) in [6.07, 6.45) is -2.47.